The fourth-order valence-electron chi connectivity index (χ4n) is 3.68. The highest BCUT2D eigenvalue weighted by molar-refractivity contribution is 5.69. The van der Waals surface area contributed by atoms with Gasteiger partial charge in [0.05, 0.1) is 12.0 Å². The van der Waals surface area contributed by atoms with Crippen molar-refractivity contribution in [1.82, 2.24) is 19.8 Å². The summed E-state index contributed by atoms with van der Waals surface area (Å²) < 4.78 is 7.75. The van der Waals surface area contributed by atoms with Gasteiger partial charge in [0.2, 0.25) is 0 Å². The minimum Gasteiger partial charge on any atom is -0.444 e. The second-order valence-corrected chi connectivity index (χ2v) is 8.14. The summed E-state index contributed by atoms with van der Waals surface area (Å²) >= 11 is 0. The number of hydrogen-bond acceptors (Lipinski definition) is 4. The maximum atomic E-state index is 12.1. The van der Waals surface area contributed by atoms with E-state index in [4.69, 9.17) is 4.74 Å². The molecule has 0 radical (unpaired) electrons. The standard InChI is InChI=1S/C17H26N4O2/c1-17(2,3)23-16(22)20-8-13-14(9-20)15(13)19-7-12-6-18-10-21(12)11-4-5-11/h6,10-11,13-15,19H,4-5,7-9H2,1-3H3. The predicted molar refractivity (Wildman–Crippen MR) is 85.9 cm³/mol. The summed E-state index contributed by atoms with van der Waals surface area (Å²) in [7, 11) is 0. The van der Waals surface area contributed by atoms with E-state index >= 15 is 0 Å². The molecule has 1 N–H and O–H groups in total. The molecule has 6 nitrogen and oxygen atoms in total. The van der Waals surface area contributed by atoms with Crippen LogP contribution in [0.4, 0.5) is 4.79 Å². The van der Waals surface area contributed by atoms with E-state index in [1.54, 1.807) is 0 Å². The minimum absolute atomic E-state index is 0.171. The summed E-state index contributed by atoms with van der Waals surface area (Å²) in [5.41, 5.74) is 0.865. The summed E-state index contributed by atoms with van der Waals surface area (Å²) in [6, 6.07) is 1.21. The zero-order chi connectivity index (χ0) is 16.2. The van der Waals surface area contributed by atoms with E-state index in [0.29, 0.717) is 23.9 Å². The van der Waals surface area contributed by atoms with Gasteiger partial charge in [-0.05, 0) is 45.4 Å². The SMILES string of the molecule is CC(C)(C)OC(=O)N1CC2C(C1)C2NCc1cncn1C1CC1. The van der Waals surface area contributed by atoms with Crippen LogP contribution >= 0.6 is 0 Å². The minimum atomic E-state index is -0.414. The van der Waals surface area contributed by atoms with Gasteiger partial charge in [-0.25, -0.2) is 9.78 Å². The predicted octanol–water partition coefficient (Wildman–Crippen LogP) is 2.17. The van der Waals surface area contributed by atoms with Crippen LogP contribution < -0.4 is 5.32 Å². The molecule has 3 aliphatic rings. The first-order valence-electron chi connectivity index (χ1n) is 8.64. The molecule has 2 aliphatic carbocycles. The second-order valence-electron chi connectivity index (χ2n) is 8.14. The van der Waals surface area contributed by atoms with Crippen LogP contribution in [0.2, 0.25) is 0 Å². The van der Waals surface area contributed by atoms with E-state index in [9.17, 15) is 4.79 Å². The lowest BCUT2D eigenvalue weighted by atomic mass is 10.2. The molecular formula is C17H26N4O2. The number of ether oxygens (including phenoxy) is 1. The average molecular weight is 318 g/mol. The van der Waals surface area contributed by atoms with Gasteiger partial charge in [-0.15, -0.1) is 0 Å². The van der Waals surface area contributed by atoms with Crippen LogP contribution in [0.25, 0.3) is 0 Å². The quantitative estimate of drug-likeness (QED) is 0.924. The number of aromatic nitrogens is 2. The monoisotopic (exact) mass is 318 g/mol. The van der Waals surface area contributed by atoms with Gasteiger partial charge in [0.25, 0.3) is 0 Å². The van der Waals surface area contributed by atoms with Gasteiger partial charge in [0, 0.05) is 37.9 Å². The first-order chi connectivity index (χ1) is 10.9. The topological polar surface area (TPSA) is 59.4 Å². The summed E-state index contributed by atoms with van der Waals surface area (Å²) in [4.78, 5) is 18.2. The Bertz CT molecular complexity index is 590. The van der Waals surface area contributed by atoms with E-state index in [-0.39, 0.29) is 6.09 Å². The molecule has 2 atom stereocenters. The maximum Gasteiger partial charge on any atom is 0.410 e. The number of imidazole rings is 1. The third-order valence-electron chi connectivity index (χ3n) is 5.05. The Morgan fingerprint density at radius 3 is 2.65 bits per heavy atom. The van der Waals surface area contributed by atoms with Crippen molar-refractivity contribution in [3.8, 4) is 0 Å². The lowest BCUT2D eigenvalue weighted by molar-refractivity contribution is 0.0269. The van der Waals surface area contributed by atoms with Crippen molar-refractivity contribution < 1.29 is 9.53 Å². The van der Waals surface area contributed by atoms with E-state index in [2.05, 4.69) is 14.9 Å². The fourth-order valence-corrected chi connectivity index (χ4v) is 3.68. The van der Waals surface area contributed by atoms with Gasteiger partial charge in [0.1, 0.15) is 5.60 Å². The van der Waals surface area contributed by atoms with Gasteiger partial charge in [-0.3, -0.25) is 0 Å². The number of nitrogens with one attached hydrogen (secondary N) is 1. The Labute approximate surface area is 137 Å². The number of carbonyl (C=O) groups excluding carboxylic acids is 1. The largest absolute Gasteiger partial charge is 0.444 e. The number of amides is 1. The molecule has 1 aliphatic heterocycles. The third-order valence-corrected chi connectivity index (χ3v) is 5.05. The molecule has 3 fully saturated rings. The molecule has 1 saturated heterocycles. The van der Waals surface area contributed by atoms with Gasteiger partial charge in [0.15, 0.2) is 0 Å². The van der Waals surface area contributed by atoms with Gasteiger partial charge in [-0.2, -0.15) is 0 Å². The molecule has 2 unspecified atom stereocenters. The first kappa shape index (κ1) is 15.0. The van der Waals surface area contributed by atoms with E-state index < -0.39 is 5.60 Å². The molecular weight excluding hydrogens is 292 g/mol. The molecule has 4 rings (SSSR count). The maximum absolute atomic E-state index is 12.1. The normalized spacial score (nSPS) is 29.5. The lowest BCUT2D eigenvalue weighted by Crippen LogP contribution is -2.39. The molecule has 1 aromatic heterocycles. The molecule has 0 spiro atoms. The van der Waals surface area contributed by atoms with E-state index in [0.717, 1.165) is 19.6 Å². The van der Waals surface area contributed by atoms with Crippen LogP contribution in [-0.4, -0.2) is 45.3 Å². The van der Waals surface area contributed by atoms with Gasteiger partial charge in [-0.1, -0.05) is 0 Å². The number of piperidine rings is 1. The van der Waals surface area contributed by atoms with Gasteiger partial charge < -0.3 is 19.5 Å². The Hall–Kier alpha value is -1.56. The van der Waals surface area contributed by atoms with Crippen molar-refractivity contribution in [1.29, 1.82) is 0 Å². The highest BCUT2D eigenvalue weighted by Crippen LogP contribution is 2.46. The van der Waals surface area contributed by atoms with Crippen molar-refractivity contribution in [3.05, 3.63) is 18.2 Å². The molecule has 2 heterocycles. The van der Waals surface area contributed by atoms with Crippen LogP contribution in [0.5, 0.6) is 0 Å². The molecule has 0 aromatic carbocycles. The number of hydrogen-bond donors (Lipinski definition) is 1. The molecule has 126 valence electrons. The molecule has 0 bridgehead atoms. The third kappa shape index (κ3) is 3.09. The summed E-state index contributed by atoms with van der Waals surface area (Å²) in [5, 5.41) is 3.65. The number of rotatable bonds is 4. The molecule has 1 amide bonds. The Morgan fingerprint density at radius 2 is 2.04 bits per heavy atom. The second kappa shape index (κ2) is 5.23. The van der Waals surface area contributed by atoms with Gasteiger partial charge >= 0.3 is 6.09 Å². The van der Waals surface area contributed by atoms with E-state index in [1.165, 1.54) is 18.5 Å². The zero-order valence-electron chi connectivity index (χ0n) is 14.2. The summed E-state index contributed by atoms with van der Waals surface area (Å²) in [5.74, 6) is 1.17. The average Bonchev–Trinajstić information content (AvgIpc) is 3.31. The number of carbonyl (C=O) groups is 1. The number of likely N-dealkylation sites (tertiary alicyclic amines) is 1. The van der Waals surface area contributed by atoms with Crippen LogP contribution in [0.15, 0.2) is 12.5 Å². The number of nitrogens with zero attached hydrogens (tertiary/aromatic N) is 3. The molecule has 6 heteroatoms. The van der Waals surface area contributed by atoms with E-state index in [1.807, 2.05) is 38.2 Å². The van der Waals surface area contributed by atoms with Crippen molar-refractivity contribution >= 4 is 6.09 Å². The smallest absolute Gasteiger partial charge is 0.410 e. The van der Waals surface area contributed by atoms with Crippen LogP contribution in [0, 0.1) is 11.8 Å². The number of fused-ring (bicyclic) bond motifs is 1. The lowest BCUT2D eigenvalue weighted by Gasteiger charge is -2.26. The Kier molecular flexibility index (Phi) is 3.41. The fraction of sp³-hybridized carbons (Fsp3) is 0.765. The van der Waals surface area contributed by atoms with Crippen LogP contribution in [-0.2, 0) is 11.3 Å². The van der Waals surface area contributed by atoms with Crippen molar-refractivity contribution in [2.75, 3.05) is 13.1 Å². The summed E-state index contributed by atoms with van der Waals surface area (Å²) in [6.45, 7) is 8.25. The summed E-state index contributed by atoms with van der Waals surface area (Å²) in [6.07, 6.45) is 6.31. The molecule has 1 aromatic rings. The highest BCUT2D eigenvalue weighted by atomic mass is 16.6. The van der Waals surface area contributed by atoms with Crippen LogP contribution in [0.3, 0.4) is 0 Å². The van der Waals surface area contributed by atoms with Crippen LogP contribution in [0.1, 0.15) is 45.3 Å². The first-order valence-corrected chi connectivity index (χ1v) is 8.64. The van der Waals surface area contributed by atoms with Crippen molar-refractivity contribution in [2.24, 2.45) is 11.8 Å². The molecule has 23 heavy (non-hydrogen) atoms. The van der Waals surface area contributed by atoms with Crippen molar-refractivity contribution in [3.63, 3.8) is 0 Å². The van der Waals surface area contributed by atoms with Crippen molar-refractivity contribution in [2.45, 2.75) is 57.8 Å². The highest BCUT2D eigenvalue weighted by Gasteiger charge is 2.57. The Balaban J connectivity index is 1.25. The zero-order valence-corrected chi connectivity index (χ0v) is 14.2. The Morgan fingerprint density at radius 1 is 1.35 bits per heavy atom. The molecule has 2 saturated carbocycles.